The fraction of sp³-hybridized carbons (Fsp3) is 0.667. The minimum absolute atomic E-state index is 0.0975. The summed E-state index contributed by atoms with van der Waals surface area (Å²) in [4.78, 5) is 26.0. The zero-order valence-electron chi connectivity index (χ0n) is 38.9. The first kappa shape index (κ1) is 57.8. The van der Waals surface area contributed by atoms with Crippen molar-refractivity contribution in [3.05, 3.63) is 85.1 Å². The molecule has 19 atom stereocenters. The molecule has 0 aromatic heterocycles. The Balaban J connectivity index is 1.90. The summed E-state index contributed by atoms with van der Waals surface area (Å²) in [5, 5.41) is 111. The van der Waals surface area contributed by atoms with E-state index in [-0.39, 0.29) is 38.3 Å². The molecule has 19 heteroatoms. The van der Waals surface area contributed by atoms with Crippen molar-refractivity contribution in [1.82, 2.24) is 5.32 Å². The summed E-state index contributed by atoms with van der Waals surface area (Å²) < 4.78 is 23.5. The summed E-state index contributed by atoms with van der Waals surface area (Å²) in [6.07, 6.45) is 4.47. The number of hydrogen-bond donors (Lipinski definition) is 13. The smallest absolute Gasteiger partial charge is 0.308 e. The van der Waals surface area contributed by atoms with E-state index < -0.39 is 147 Å². The Morgan fingerprint density at radius 2 is 1.28 bits per heavy atom. The summed E-state index contributed by atoms with van der Waals surface area (Å²) in [6, 6.07) is -1.13. The predicted molar refractivity (Wildman–Crippen MR) is 247 cm³/mol. The lowest BCUT2D eigenvalue weighted by molar-refractivity contribution is -0.307. The van der Waals surface area contributed by atoms with E-state index in [2.05, 4.69) is 5.32 Å². The highest BCUT2D eigenvalue weighted by Crippen LogP contribution is 2.38. The summed E-state index contributed by atoms with van der Waals surface area (Å²) in [5.41, 5.74) is 11.7. The molecule has 1 amide bonds. The molecule has 19 nitrogen and oxygen atoms in total. The Bertz CT molecular complexity index is 1710. The van der Waals surface area contributed by atoms with E-state index >= 15 is 0 Å². The molecule has 0 radical (unpaired) electrons. The zero-order valence-corrected chi connectivity index (χ0v) is 38.9. The molecule has 2 bridgehead atoms. The number of allylic oxidation sites excluding steroid dienone is 12. The van der Waals surface area contributed by atoms with Gasteiger partial charge in [-0.05, 0) is 33.1 Å². The van der Waals surface area contributed by atoms with Crippen molar-refractivity contribution in [2.24, 2.45) is 29.2 Å². The van der Waals surface area contributed by atoms with Gasteiger partial charge >= 0.3 is 5.97 Å². The van der Waals surface area contributed by atoms with Crippen molar-refractivity contribution in [3.63, 3.8) is 0 Å². The van der Waals surface area contributed by atoms with Crippen LogP contribution in [0.15, 0.2) is 85.1 Å². The lowest BCUT2D eigenvalue weighted by atomic mass is 9.82. The van der Waals surface area contributed by atoms with Crippen LogP contribution in [0.3, 0.4) is 0 Å². The largest absolute Gasteiger partial charge is 0.462 e. The van der Waals surface area contributed by atoms with Crippen LogP contribution in [-0.2, 0) is 28.5 Å². The Morgan fingerprint density at radius 1 is 0.701 bits per heavy atom. The lowest BCUT2D eigenvalue weighted by Gasteiger charge is -2.46. The molecule has 15 N–H and O–H groups in total. The fourth-order valence-corrected chi connectivity index (χ4v) is 8.21. The Hall–Kier alpha value is -3.48. The quantitative estimate of drug-likeness (QED) is 0.127. The molecule has 3 heterocycles. The van der Waals surface area contributed by atoms with Gasteiger partial charge in [0.1, 0.15) is 12.2 Å². The van der Waals surface area contributed by atoms with Crippen LogP contribution in [0.25, 0.3) is 0 Å². The molecule has 0 spiro atoms. The molecule has 0 saturated carbocycles. The van der Waals surface area contributed by atoms with Crippen molar-refractivity contribution >= 4 is 11.9 Å². The monoisotopic (exact) mass is 952 g/mol. The number of rotatable bonds is 4. The molecule has 0 aromatic rings. The first-order chi connectivity index (χ1) is 31.7. The van der Waals surface area contributed by atoms with Crippen LogP contribution in [0.4, 0.5) is 0 Å². The Kier molecular flexibility index (Phi) is 24.9. The van der Waals surface area contributed by atoms with E-state index in [9.17, 15) is 60.7 Å². The van der Waals surface area contributed by atoms with Crippen molar-refractivity contribution in [1.29, 1.82) is 0 Å². The SMILES string of the molecule is C[C@@H]1[C@H](O)[C@@H](C)/C=C/C=C/C=C/C=C/C=C/C=C/C=C/[C@H](O[C@@H]2O[C@H](C)[C@@H](O)[C@H](N)[C@@H]2O)C[C@@H]2O[C@](O)(C[C@@H](O)C[C@@H](O)[C@H](O)CC[C@@H](O)C[C@@H](O)CC(=O)O[C@H]1C)C[C@H](O)[C@H]2C(=O)NCN. The first-order valence-corrected chi connectivity index (χ1v) is 23.1. The minimum Gasteiger partial charge on any atom is -0.462 e. The van der Waals surface area contributed by atoms with E-state index in [0.717, 1.165) is 0 Å². The fourth-order valence-electron chi connectivity index (χ4n) is 8.21. The predicted octanol–water partition coefficient (Wildman–Crippen LogP) is -0.340. The molecule has 0 unspecified atom stereocenters. The average Bonchev–Trinajstić information content (AvgIpc) is 3.25. The molecule has 67 heavy (non-hydrogen) atoms. The number of cyclic esters (lactones) is 1. The maximum atomic E-state index is 13.3. The molecular weight excluding hydrogens is 875 g/mol. The molecule has 380 valence electrons. The van der Waals surface area contributed by atoms with Crippen molar-refractivity contribution in [3.8, 4) is 0 Å². The second-order valence-electron chi connectivity index (χ2n) is 18.0. The van der Waals surface area contributed by atoms with Crippen LogP contribution in [0.2, 0.25) is 0 Å². The summed E-state index contributed by atoms with van der Waals surface area (Å²) in [7, 11) is 0. The third-order valence-electron chi connectivity index (χ3n) is 12.3. The Labute approximate surface area is 393 Å². The molecule has 0 aliphatic carbocycles. The van der Waals surface area contributed by atoms with Gasteiger partial charge < -0.3 is 86.8 Å². The van der Waals surface area contributed by atoms with Gasteiger partial charge in [0.05, 0.1) is 92.2 Å². The number of fused-ring (bicyclic) bond motifs is 2. The highest BCUT2D eigenvalue weighted by atomic mass is 16.7. The van der Waals surface area contributed by atoms with Gasteiger partial charge in [-0.2, -0.15) is 0 Å². The van der Waals surface area contributed by atoms with E-state index in [4.69, 9.17) is 30.4 Å². The van der Waals surface area contributed by atoms with E-state index in [1.54, 1.807) is 75.5 Å². The molecule has 2 saturated heterocycles. The van der Waals surface area contributed by atoms with Crippen LogP contribution in [0.1, 0.15) is 79.1 Å². The van der Waals surface area contributed by atoms with Gasteiger partial charge in [0.2, 0.25) is 5.91 Å². The van der Waals surface area contributed by atoms with Crippen molar-refractivity contribution in [2.75, 3.05) is 6.67 Å². The number of ether oxygens (including phenoxy) is 4. The maximum absolute atomic E-state index is 13.3. The topological polar surface area (TPSA) is 337 Å². The normalized spacial score (nSPS) is 44.4. The van der Waals surface area contributed by atoms with Gasteiger partial charge in [-0.1, -0.05) is 98.9 Å². The lowest BCUT2D eigenvalue weighted by Crippen LogP contribution is -2.62. The number of nitrogens with two attached hydrogens (primary N) is 2. The number of aliphatic hydroxyl groups is 10. The number of aliphatic hydroxyl groups excluding tert-OH is 9. The van der Waals surface area contributed by atoms with Gasteiger partial charge in [-0.15, -0.1) is 0 Å². The van der Waals surface area contributed by atoms with Crippen molar-refractivity contribution in [2.45, 2.75) is 177 Å². The molecule has 0 aromatic carbocycles. The first-order valence-electron chi connectivity index (χ1n) is 23.1. The molecule has 3 aliphatic heterocycles. The van der Waals surface area contributed by atoms with Gasteiger partial charge in [0, 0.05) is 37.5 Å². The molecular formula is C48H77N3O16. The third kappa shape index (κ3) is 19.4. The number of nitrogens with one attached hydrogen (secondary N) is 1. The van der Waals surface area contributed by atoms with Crippen LogP contribution in [0, 0.1) is 17.8 Å². The second-order valence-corrected chi connectivity index (χ2v) is 18.0. The third-order valence-corrected chi connectivity index (χ3v) is 12.3. The van der Waals surface area contributed by atoms with Gasteiger partial charge in [0.15, 0.2) is 12.1 Å². The molecule has 2 fully saturated rings. The van der Waals surface area contributed by atoms with Crippen LogP contribution < -0.4 is 16.8 Å². The minimum atomic E-state index is -2.28. The highest BCUT2D eigenvalue weighted by Gasteiger charge is 2.50. The number of amides is 1. The van der Waals surface area contributed by atoms with Crippen LogP contribution in [-0.4, -0.2) is 167 Å². The van der Waals surface area contributed by atoms with Gasteiger partial charge in [0.25, 0.3) is 0 Å². The van der Waals surface area contributed by atoms with Crippen molar-refractivity contribution < 1.29 is 79.6 Å². The maximum Gasteiger partial charge on any atom is 0.308 e. The average molecular weight is 952 g/mol. The summed E-state index contributed by atoms with van der Waals surface area (Å²) >= 11 is 0. The number of hydrogen-bond acceptors (Lipinski definition) is 18. The summed E-state index contributed by atoms with van der Waals surface area (Å²) in [5.74, 6) is -5.75. The van der Waals surface area contributed by atoms with Crippen LogP contribution in [0.5, 0.6) is 0 Å². The highest BCUT2D eigenvalue weighted by molar-refractivity contribution is 5.80. The Morgan fingerprint density at radius 3 is 1.88 bits per heavy atom. The number of carbonyl (C=O) groups is 2. The standard InChI is InChI=1S/C48H77N3O16/c1-28-17-15-13-11-9-7-5-6-8-10-12-14-16-18-35(66-47-45(61)42(50)44(60)31(4)65-47)24-39-41(46(62)51-27-49)38(57)26-48(63,67-39)25-34(54)22-37(56)36(55)20-19-32(52)21-33(53)23-40(58)64-30(3)29(2)43(28)59/h5-18,28-39,41-45,47,52-57,59-61,63H,19-27,49-50H2,1-4H3,(H,51,62)/b6-5+,9-7+,10-8+,13-11+,14-12+,17-15+,18-16+/t28-,29-,30-,31+,32+,33+,34-,35-,36+,37+,38-,39-,41+,42-,43+,44+,45-,47-,48+/m0/s1. The number of esters is 1. The van der Waals surface area contributed by atoms with Gasteiger partial charge in [-0.3, -0.25) is 9.59 Å². The van der Waals surface area contributed by atoms with E-state index in [1.807, 2.05) is 37.3 Å². The molecule has 3 rings (SSSR count). The molecule has 3 aliphatic rings. The van der Waals surface area contributed by atoms with Crippen LogP contribution >= 0.6 is 0 Å². The van der Waals surface area contributed by atoms with Gasteiger partial charge in [-0.25, -0.2) is 0 Å². The van der Waals surface area contributed by atoms with E-state index in [0.29, 0.717) is 0 Å². The van der Waals surface area contributed by atoms with E-state index in [1.165, 1.54) is 0 Å². The number of carbonyl (C=O) groups excluding carboxylic acids is 2. The summed E-state index contributed by atoms with van der Waals surface area (Å²) in [6.45, 7) is 6.49. The zero-order chi connectivity index (χ0) is 49.8. The second kappa shape index (κ2) is 28.9.